The number of nitro groups is 1. The van der Waals surface area contributed by atoms with Crippen LogP contribution in [-0.4, -0.2) is 14.3 Å². The van der Waals surface area contributed by atoms with Gasteiger partial charge in [0.1, 0.15) is 5.52 Å². The second kappa shape index (κ2) is 2.44. The first-order valence-corrected chi connectivity index (χ1v) is 3.52. The monoisotopic (exact) mass is 179 g/mol. The standard InChI is InChI=1S/C7H5N3O3/c11-7-6-3-5(10(12)13)4-9(6)2-1-8-7/h1-4H,(H,8,11). The number of rotatable bonds is 1. The summed E-state index contributed by atoms with van der Waals surface area (Å²) in [6.07, 6.45) is 4.27. The summed E-state index contributed by atoms with van der Waals surface area (Å²) in [5, 5.41) is 10.4. The molecule has 0 unspecified atom stereocenters. The van der Waals surface area contributed by atoms with Crippen molar-refractivity contribution in [3.63, 3.8) is 0 Å². The molecule has 0 aliphatic heterocycles. The van der Waals surface area contributed by atoms with Crippen LogP contribution in [0.5, 0.6) is 0 Å². The highest BCUT2D eigenvalue weighted by atomic mass is 16.6. The maximum absolute atomic E-state index is 11.1. The van der Waals surface area contributed by atoms with Gasteiger partial charge in [0.25, 0.3) is 11.2 Å². The Kier molecular flexibility index (Phi) is 1.42. The number of nitrogens with one attached hydrogen (secondary N) is 1. The first kappa shape index (κ1) is 7.53. The van der Waals surface area contributed by atoms with E-state index >= 15 is 0 Å². The highest BCUT2D eigenvalue weighted by Crippen LogP contribution is 2.13. The first-order chi connectivity index (χ1) is 6.18. The van der Waals surface area contributed by atoms with Crippen molar-refractivity contribution in [2.75, 3.05) is 0 Å². The van der Waals surface area contributed by atoms with Crippen molar-refractivity contribution in [1.82, 2.24) is 9.38 Å². The molecule has 6 heteroatoms. The molecule has 2 aromatic heterocycles. The van der Waals surface area contributed by atoms with Gasteiger partial charge in [-0.05, 0) is 0 Å². The largest absolute Gasteiger partial charge is 0.326 e. The molecule has 6 nitrogen and oxygen atoms in total. The van der Waals surface area contributed by atoms with Crippen LogP contribution in [0, 0.1) is 10.1 Å². The molecule has 2 heterocycles. The fourth-order valence-corrected chi connectivity index (χ4v) is 1.14. The van der Waals surface area contributed by atoms with E-state index in [0.29, 0.717) is 0 Å². The first-order valence-electron chi connectivity index (χ1n) is 3.52. The number of nitrogens with zero attached hydrogens (tertiary/aromatic N) is 2. The lowest BCUT2D eigenvalue weighted by Gasteiger charge is -1.87. The Morgan fingerprint density at radius 3 is 2.92 bits per heavy atom. The van der Waals surface area contributed by atoms with E-state index in [0.717, 1.165) is 0 Å². The fourth-order valence-electron chi connectivity index (χ4n) is 1.14. The van der Waals surface area contributed by atoms with Crippen molar-refractivity contribution in [2.24, 2.45) is 0 Å². The molecule has 0 amide bonds. The summed E-state index contributed by atoms with van der Waals surface area (Å²) < 4.78 is 1.41. The third kappa shape index (κ3) is 1.08. The summed E-state index contributed by atoms with van der Waals surface area (Å²) in [6.45, 7) is 0. The van der Waals surface area contributed by atoms with Crippen molar-refractivity contribution >= 4 is 11.2 Å². The predicted octanol–water partition coefficient (Wildman–Crippen LogP) is 0.536. The van der Waals surface area contributed by atoms with E-state index in [4.69, 9.17) is 0 Å². The van der Waals surface area contributed by atoms with E-state index in [2.05, 4.69) is 4.98 Å². The molecule has 0 aromatic carbocycles. The van der Waals surface area contributed by atoms with Gasteiger partial charge in [0, 0.05) is 18.5 Å². The third-order valence-electron chi connectivity index (χ3n) is 1.73. The zero-order chi connectivity index (χ0) is 9.42. The number of aromatic amines is 1. The number of fused-ring (bicyclic) bond motifs is 1. The molecule has 13 heavy (non-hydrogen) atoms. The SMILES string of the molecule is O=c1[nH]ccn2cc([N+](=O)[O-])cc12. The maximum Gasteiger partial charge on any atom is 0.288 e. The van der Waals surface area contributed by atoms with Crippen molar-refractivity contribution in [2.45, 2.75) is 0 Å². The van der Waals surface area contributed by atoms with Gasteiger partial charge >= 0.3 is 0 Å². The van der Waals surface area contributed by atoms with Gasteiger partial charge in [-0.15, -0.1) is 0 Å². The second-order valence-corrected chi connectivity index (χ2v) is 2.54. The van der Waals surface area contributed by atoms with E-state index in [1.165, 1.54) is 22.9 Å². The van der Waals surface area contributed by atoms with Gasteiger partial charge in [-0.1, -0.05) is 0 Å². The van der Waals surface area contributed by atoms with Crippen LogP contribution in [0.15, 0.2) is 29.5 Å². The molecule has 0 radical (unpaired) electrons. The van der Waals surface area contributed by atoms with E-state index in [1.807, 2.05) is 0 Å². The summed E-state index contributed by atoms with van der Waals surface area (Å²) in [5.41, 5.74) is -0.151. The van der Waals surface area contributed by atoms with Gasteiger partial charge in [0.05, 0.1) is 11.1 Å². The molecule has 0 atom stereocenters. The molecule has 0 bridgehead atoms. The van der Waals surface area contributed by atoms with E-state index in [9.17, 15) is 14.9 Å². The third-order valence-corrected chi connectivity index (χ3v) is 1.73. The average Bonchev–Trinajstić information content (AvgIpc) is 2.49. The summed E-state index contributed by atoms with van der Waals surface area (Å²) in [6, 6.07) is 1.23. The summed E-state index contributed by atoms with van der Waals surface area (Å²) in [5.74, 6) is 0. The average molecular weight is 179 g/mol. The quantitative estimate of drug-likeness (QED) is 0.512. The van der Waals surface area contributed by atoms with Gasteiger partial charge in [0.15, 0.2) is 0 Å². The van der Waals surface area contributed by atoms with E-state index in [-0.39, 0.29) is 16.8 Å². The maximum atomic E-state index is 11.1. The summed E-state index contributed by atoms with van der Waals surface area (Å²) in [4.78, 5) is 23.4. The Hall–Kier alpha value is -2.11. The minimum atomic E-state index is -0.535. The van der Waals surface area contributed by atoms with Gasteiger partial charge in [-0.3, -0.25) is 14.9 Å². The minimum Gasteiger partial charge on any atom is -0.326 e. The van der Waals surface area contributed by atoms with Crippen LogP contribution in [0.25, 0.3) is 5.52 Å². The molecule has 1 N–H and O–H groups in total. The van der Waals surface area contributed by atoms with Gasteiger partial charge < -0.3 is 9.38 Å². The van der Waals surface area contributed by atoms with Crippen LogP contribution in [-0.2, 0) is 0 Å². The molecular formula is C7H5N3O3. The molecule has 0 saturated heterocycles. The van der Waals surface area contributed by atoms with Crippen molar-refractivity contribution < 1.29 is 4.92 Å². The van der Waals surface area contributed by atoms with Crippen molar-refractivity contribution in [3.05, 3.63) is 45.1 Å². The van der Waals surface area contributed by atoms with Gasteiger partial charge in [-0.25, -0.2) is 0 Å². The topological polar surface area (TPSA) is 80.4 Å². The van der Waals surface area contributed by atoms with E-state index < -0.39 is 4.92 Å². The van der Waals surface area contributed by atoms with Crippen molar-refractivity contribution in [3.8, 4) is 0 Å². The highest BCUT2D eigenvalue weighted by molar-refractivity contribution is 5.53. The molecule has 2 aromatic rings. The summed E-state index contributed by atoms with van der Waals surface area (Å²) in [7, 11) is 0. The van der Waals surface area contributed by atoms with E-state index in [1.54, 1.807) is 6.20 Å². The van der Waals surface area contributed by atoms with Crippen LogP contribution >= 0.6 is 0 Å². The molecule has 0 spiro atoms. The lowest BCUT2D eigenvalue weighted by atomic mass is 10.5. The van der Waals surface area contributed by atoms with Gasteiger partial charge in [-0.2, -0.15) is 0 Å². The molecule has 0 aliphatic rings. The Balaban J connectivity index is 2.83. The highest BCUT2D eigenvalue weighted by Gasteiger charge is 2.10. The summed E-state index contributed by atoms with van der Waals surface area (Å²) >= 11 is 0. The Morgan fingerprint density at radius 1 is 1.54 bits per heavy atom. The molecule has 0 fully saturated rings. The van der Waals surface area contributed by atoms with Crippen LogP contribution in [0.2, 0.25) is 0 Å². The Labute approximate surface area is 71.6 Å². The second-order valence-electron chi connectivity index (χ2n) is 2.54. The number of hydrogen-bond donors (Lipinski definition) is 1. The number of hydrogen-bond acceptors (Lipinski definition) is 3. The smallest absolute Gasteiger partial charge is 0.288 e. The number of aromatic nitrogens is 2. The number of H-pyrrole nitrogens is 1. The van der Waals surface area contributed by atoms with Crippen LogP contribution in [0.3, 0.4) is 0 Å². The Morgan fingerprint density at radius 2 is 2.31 bits per heavy atom. The molecule has 2 rings (SSSR count). The Bertz CT molecular complexity index is 525. The molecule has 0 saturated carbocycles. The lowest BCUT2D eigenvalue weighted by molar-refractivity contribution is -0.384. The molecular weight excluding hydrogens is 174 g/mol. The van der Waals surface area contributed by atoms with Gasteiger partial charge in [0.2, 0.25) is 0 Å². The van der Waals surface area contributed by atoms with Crippen LogP contribution < -0.4 is 5.56 Å². The van der Waals surface area contributed by atoms with Crippen LogP contribution in [0.4, 0.5) is 5.69 Å². The zero-order valence-electron chi connectivity index (χ0n) is 6.43. The van der Waals surface area contributed by atoms with Crippen LogP contribution in [0.1, 0.15) is 0 Å². The normalized spacial score (nSPS) is 10.5. The zero-order valence-corrected chi connectivity index (χ0v) is 6.43. The molecule has 0 aliphatic carbocycles. The fraction of sp³-hybridized carbons (Fsp3) is 0. The van der Waals surface area contributed by atoms with Crippen molar-refractivity contribution in [1.29, 1.82) is 0 Å². The minimum absolute atomic E-state index is 0.0864. The lowest BCUT2D eigenvalue weighted by Crippen LogP contribution is -2.06. The molecule has 66 valence electrons. The predicted molar refractivity (Wildman–Crippen MR) is 44.7 cm³/mol.